The van der Waals surface area contributed by atoms with E-state index in [1.165, 1.54) is 6.08 Å². The van der Waals surface area contributed by atoms with Crippen LogP contribution in [0.4, 0.5) is 5.69 Å². The predicted molar refractivity (Wildman–Crippen MR) is 117 cm³/mol. The van der Waals surface area contributed by atoms with Crippen LogP contribution in [0.3, 0.4) is 0 Å². The van der Waals surface area contributed by atoms with Gasteiger partial charge in [-0.25, -0.2) is 4.98 Å². The van der Waals surface area contributed by atoms with Gasteiger partial charge in [0.25, 0.3) is 0 Å². The van der Waals surface area contributed by atoms with E-state index in [1.807, 2.05) is 42.5 Å². The molecule has 0 saturated carbocycles. The Bertz CT molecular complexity index is 1170. The van der Waals surface area contributed by atoms with Gasteiger partial charge >= 0.3 is 0 Å². The second kappa shape index (κ2) is 9.05. The van der Waals surface area contributed by atoms with Crippen molar-refractivity contribution in [2.45, 2.75) is 13.3 Å². The second-order valence-electron chi connectivity index (χ2n) is 6.68. The fourth-order valence-electron chi connectivity index (χ4n) is 2.87. The van der Waals surface area contributed by atoms with Crippen molar-refractivity contribution >= 4 is 28.8 Å². The Hall–Kier alpha value is -3.93. The van der Waals surface area contributed by atoms with E-state index in [-0.39, 0.29) is 5.91 Å². The Morgan fingerprint density at radius 3 is 2.67 bits per heavy atom. The van der Waals surface area contributed by atoms with Crippen LogP contribution >= 0.6 is 0 Å². The van der Waals surface area contributed by atoms with Crippen molar-refractivity contribution in [1.29, 1.82) is 0 Å². The third kappa shape index (κ3) is 4.72. The summed E-state index contributed by atoms with van der Waals surface area (Å²) in [7, 11) is 0. The molecule has 0 aliphatic heterocycles. The Balaban J connectivity index is 1.42. The molecule has 4 aromatic rings. The van der Waals surface area contributed by atoms with E-state index in [9.17, 15) is 4.79 Å². The van der Waals surface area contributed by atoms with Gasteiger partial charge in [0.05, 0.1) is 6.61 Å². The van der Waals surface area contributed by atoms with Crippen LogP contribution < -0.4 is 10.1 Å². The molecular formula is C24H21N3O3. The number of hydrogen-bond donors (Lipinski definition) is 1. The first kappa shape index (κ1) is 19.4. The molecule has 1 N–H and O–H groups in total. The first-order chi connectivity index (χ1) is 14.7. The molecule has 150 valence electrons. The highest BCUT2D eigenvalue weighted by Crippen LogP contribution is 2.26. The summed E-state index contributed by atoms with van der Waals surface area (Å²) in [5.74, 6) is 1.11. The maximum absolute atomic E-state index is 12.3. The minimum absolute atomic E-state index is 0.227. The van der Waals surface area contributed by atoms with Gasteiger partial charge in [-0.1, -0.05) is 19.1 Å². The highest BCUT2D eigenvalue weighted by molar-refractivity contribution is 6.02. The van der Waals surface area contributed by atoms with Gasteiger partial charge in [0, 0.05) is 35.8 Å². The molecule has 0 fully saturated rings. The van der Waals surface area contributed by atoms with E-state index >= 15 is 0 Å². The lowest BCUT2D eigenvalue weighted by Gasteiger charge is -2.04. The molecule has 0 aliphatic carbocycles. The van der Waals surface area contributed by atoms with Gasteiger partial charge in [0.15, 0.2) is 5.58 Å². The van der Waals surface area contributed by atoms with Gasteiger partial charge in [-0.15, -0.1) is 0 Å². The molecule has 0 saturated heterocycles. The molecule has 2 heterocycles. The van der Waals surface area contributed by atoms with Gasteiger partial charge in [-0.05, 0) is 54.5 Å². The highest BCUT2D eigenvalue weighted by atomic mass is 16.5. The van der Waals surface area contributed by atoms with E-state index < -0.39 is 0 Å². The maximum Gasteiger partial charge on any atom is 0.248 e. The van der Waals surface area contributed by atoms with Crippen LogP contribution in [0.1, 0.15) is 18.9 Å². The fraction of sp³-hybridized carbons (Fsp3) is 0.125. The zero-order valence-corrected chi connectivity index (χ0v) is 16.5. The third-order valence-electron chi connectivity index (χ3n) is 4.36. The van der Waals surface area contributed by atoms with Gasteiger partial charge in [-0.3, -0.25) is 9.78 Å². The van der Waals surface area contributed by atoms with E-state index in [2.05, 4.69) is 22.2 Å². The van der Waals surface area contributed by atoms with Crippen molar-refractivity contribution < 1.29 is 13.9 Å². The molecule has 4 rings (SSSR count). The number of aromatic nitrogens is 2. The summed E-state index contributed by atoms with van der Waals surface area (Å²) in [6.45, 7) is 2.76. The molecule has 2 aromatic carbocycles. The maximum atomic E-state index is 12.3. The average Bonchev–Trinajstić information content (AvgIpc) is 3.21. The molecular weight excluding hydrogens is 378 g/mol. The van der Waals surface area contributed by atoms with Crippen LogP contribution in [0, 0.1) is 0 Å². The monoisotopic (exact) mass is 399 g/mol. The number of hydrogen-bond acceptors (Lipinski definition) is 5. The number of nitrogens with one attached hydrogen (secondary N) is 1. The zero-order chi connectivity index (χ0) is 20.8. The number of rotatable bonds is 7. The normalized spacial score (nSPS) is 11.1. The lowest BCUT2D eigenvalue weighted by atomic mass is 10.2. The van der Waals surface area contributed by atoms with Crippen LogP contribution in [0.2, 0.25) is 0 Å². The molecule has 1 amide bonds. The number of fused-ring (bicyclic) bond motifs is 1. The van der Waals surface area contributed by atoms with Gasteiger partial charge in [0.1, 0.15) is 11.3 Å². The Morgan fingerprint density at radius 1 is 1.10 bits per heavy atom. The number of oxazole rings is 1. The first-order valence-corrected chi connectivity index (χ1v) is 9.74. The van der Waals surface area contributed by atoms with Crippen LogP contribution in [0.25, 0.3) is 28.6 Å². The molecule has 2 aromatic heterocycles. The highest BCUT2D eigenvalue weighted by Gasteiger charge is 2.09. The molecule has 0 aliphatic rings. The summed E-state index contributed by atoms with van der Waals surface area (Å²) in [4.78, 5) is 20.8. The number of anilines is 1. The predicted octanol–water partition coefficient (Wildman–Crippen LogP) is 5.33. The molecule has 6 heteroatoms. The quantitative estimate of drug-likeness (QED) is 0.425. The average molecular weight is 399 g/mol. The number of pyridine rings is 1. The van der Waals surface area contributed by atoms with Crippen molar-refractivity contribution in [2.75, 3.05) is 11.9 Å². The molecule has 6 nitrogen and oxygen atoms in total. The summed E-state index contributed by atoms with van der Waals surface area (Å²) in [6, 6.07) is 16.7. The van der Waals surface area contributed by atoms with E-state index in [1.54, 1.807) is 30.6 Å². The lowest BCUT2D eigenvalue weighted by molar-refractivity contribution is -0.111. The smallest absolute Gasteiger partial charge is 0.248 e. The number of carbonyl (C=O) groups excluding carboxylic acids is 1. The third-order valence-corrected chi connectivity index (χ3v) is 4.36. The molecule has 0 spiro atoms. The van der Waals surface area contributed by atoms with Crippen molar-refractivity contribution in [3.05, 3.63) is 78.6 Å². The summed E-state index contributed by atoms with van der Waals surface area (Å²) < 4.78 is 11.4. The Morgan fingerprint density at radius 2 is 1.90 bits per heavy atom. The number of carbonyl (C=O) groups is 1. The van der Waals surface area contributed by atoms with Crippen LogP contribution in [-0.4, -0.2) is 22.5 Å². The van der Waals surface area contributed by atoms with Crippen LogP contribution in [0.5, 0.6) is 5.75 Å². The van der Waals surface area contributed by atoms with Gasteiger partial charge < -0.3 is 14.5 Å². The van der Waals surface area contributed by atoms with Crippen molar-refractivity contribution in [3.63, 3.8) is 0 Å². The summed E-state index contributed by atoms with van der Waals surface area (Å²) >= 11 is 0. The standard InChI is InChI=1S/C24H21N3O3/c1-2-15-29-20-7-3-17(4-8-20)5-10-23(28)26-19-6-9-21-22(16-19)30-24(27-21)18-11-13-25-14-12-18/h3-14,16H,2,15H2,1H3,(H,26,28)/b10-5+. The Kier molecular flexibility index (Phi) is 5.85. The minimum atomic E-state index is -0.227. The summed E-state index contributed by atoms with van der Waals surface area (Å²) in [5.41, 5.74) is 3.73. The van der Waals surface area contributed by atoms with E-state index in [0.717, 1.165) is 28.8 Å². The molecule has 0 unspecified atom stereocenters. The summed E-state index contributed by atoms with van der Waals surface area (Å²) in [5, 5.41) is 2.84. The number of amides is 1. The molecule has 30 heavy (non-hydrogen) atoms. The van der Waals surface area contributed by atoms with Crippen molar-refractivity contribution in [3.8, 4) is 17.2 Å². The van der Waals surface area contributed by atoms with Gasteiger partial charge in [-0.2, -0.15) is 0 Å². The Labute approximate surface area is 174 Å². The summed E-state index contributed by atoms with van der Waals surface area (Å²) in [6.07, 6.45) is 7.59. The number of benzene rings is 2. The second-order valence-corrected chi connectivity index (χ2v) is 6.68. The van der Waals surface area contributed by atoms with Gasteiger partial charge in [0.2, 0.25) is 11.8 Å². The number of nitrogens with zero attached hydrogens (tertiary/aromatic N) is 2. The van der Waals surface area contributed by atoms with Crippen LogP contribution in [0.15, 0.2) is 77.5 Å². The topological polar surface area (TPSA) is 77.2 Å². The zero-order valence-electron chi connectivity index (χ0n) is 16.5. The lowest BCUT2D eigenvalue weighted by Crippen LogP contribution is -2.07. The van der Waals surface area contributed by atoms with E-state index in [0.29, 0.717) is 23.8 Å². The molecule has 0 radical (unpaired) electrons. The van der Waals surface area contributed by atoms with E-state index in [4.69, 9.17) is 9.15 Å². The largest absolute Gasteiger partial charge is 0.494 e. The van der Waals surface area contributed by atoms with Crippen LogP contribution in [-0.2, 0) is 4.79 Å². The first-order valence-electron chi connectivity index (χ1n) is 9.74. The molecule has 0 atom stereocenters. The minimum Gasteiger partial charge on any atom is -0.494 e. The SMILES string of the molecule is CCCOc1ccc(/C=C/C(=O)Nc2ccc3nc(-c4ccncc4)oc3c2)cc1. The number of ether oxygens (including phenoxy) is 1. The fourth-order valence-corrected chi connectivity index (χ4v) is 2.87. The molecule has 0 bridgehead atoms. The van der Waals surface area contributed by atoms with Crippen molar-refractivity contribution in [1.82, 2.24) is 9.97 Å². The van der Waals surface area contributed by atoms with Crippen molar-refractivity contribution in [2.24, 2.45) is 0 Å².